The van der Waals surface area contributed by atoms with Crippen molar-refractivity contribution in [2.75, 3.05) is 13.2 Å². The zero-order valence-corrected chi connectivity index (χ0v) is 19.2. The molecule has 1 amide bonds. The summed E-state index contributed by atoms with van der Waals surface area (Å²) in [6, 6.07) is 14.2. The van der Waals surface area contributed by atoms with E-state index in [-0.39, 0.29) is 23.4 Å². The summed E-state index contributed by atoms with van der Waals surface area (Å²) in [5, 5.41) is 2.87. The van der Waals surface area contributed by atoms with E-state index in [1.807, 2.05) is 38.1 Å². The molecule has 0 atom stereocenters. The minimum atomic E-state index is -3.80. The van der Waals surface area contributed by atoms with Gasteiger partial charge in [0.15, 0.2) is 0 Å². The van der Waals surface area contributed by atoms with Gasteiger partial charge in [-0.2, -0.15) is 4.31 Å². The SMILES string of the molecule is CCOc1ccc(S(=O)(=O)N(CC(=O)NCc2ccc(C)cc2)C2CCCCC2)cc1. The number of amides is 1. The normalized spacial score (nSPS) is 15.1. The number of carbonyl (C=O) groups is 1. The smallest absolute Gasteiger partial charge is 0.243 e. The second-order valence-electron chi connectivity index (χ2n) is 8.01. The first-order chi connectivity index (χ1) is 14.9. The molecular formula is C24H32N2O4S. The quantitative estimate of drug-likeness (QED) is 0.634. The number of ether oxygens (including phenoxy) is 1. The summed E-state index contributed by atoms with van der Waals surface area (Å²) in [4.78, 5) is 12.9. The lowest BCUT2D eigenvalue weighted by atomic mass is 9.95. The summed E-state index contributed by atoms with van der Waals surface area (Å²) in [7, 11) is -3.80. The van der Waals surface area contributed by atoms with E-state index >= 15 is 0 Å². The molecule has 0 radical (unpaired) electrons. The Morgan fingerprint density at radius 2 is 1.68 bits per heavy atom. The van der Waals surface area contributed by atoms with Gasteiger partial charge in [0.2, 0.25) is 15.9 Å². The molecular weight excluding hydrogens is 412 g/mol. The second-order valence-corrected chi connectivity index (χ2v) is 9.90. The molecule has 2 aromatic carbocycles. The van der Waals surface area contributed by atoms with Crippen LogP contribution in [0, 0.1) is 6.92 Å². The molecule has 168 valence electrons. The van der Waals surface area contributed by atoms with Gasteiger partial charge < -0.3 is 10.1 Å². The predicted octanol–water partition coefficient (Wildman–Crippen LogP) is 4.03. The third kappa shape index (κ3) is 6.31. The lowest BCUT2D eigenvalue weighted by molar-refractivity contribution is -0.121. The summed E-state index contributed by atoms with van der Waals surface area (Å²) in [5.41, 5.74) is 2.14. The molecule has 0 bridgehead atoms. The molecule has 6 nitrogen and oxygen atoms in total. The van der Waals surface area contributed by atoms with Gasteiger partial charge in [0.1, 0.15) is 5.75 Å². The Kier molecular flexibility index (Phi) is 8.09. The Morgan fingerprint density at radius 3 is 2.29 bits per heavy atom. The van der Waals surface area contributed by atoms with Crippen LogP contribution in [-0.2, 0) is 21.4 Å². The van der Waals surface area contributed by atoms with Crippen molar-refractivity contribution >= 4 is 15.9 Å². The van der Waals surface area contributed by atoms with Crippen LogP contribution in [0.15, 0.2) is 53.4 Å². The highest BCUT2D eigenvalue weighted by atomic mass is 32.2. The van der Waals surface area contributed by atoms with E-state index in [4.69, 9.17) is 4.74 Å². The minimum absolute atomic E-state index is 0.157. The molecule has 0 aromatic heterocycles. The van der Waals surface area contributed by atoms with E-state index in [9.17, 15) is 13.2 Å². The molecule has 0 aliphatic heterocycles. The van der Waals surface area contributed by atoms with Crippen LogP contribution in [0.1, 0.15) is 50.2 Å². The zero-order chi connectivity index (χ0) is 22.3. The van der Waals surface area contributed by atoms with Crippen molar-refractivity contribution in [1.82, 2.24) is 9.62 Å². The lowest BCUT2D eigenvalue weighted by Crippen LogP contribution is -2.46. The monoisotopic (exact) mass is 444 g/mol. The van der Waals surface area contributed by atoms with Crippen LogP contribution < -0.4 is 10.1 Å². The third-order valence-electron chi connectivity index (χ3n) is 5.63. The van der Waals surface area contributed by atoms with Crippen molar-refractivity contribution < 1.29 is 17.9 Å². The fourth-order valence-electron chi connectivity index (χ4n) is 3.89. The number of sulfonamides is 1. The lowest BCUT2D eigenvalue weighted by Gasteiger charge is -2.33. The Labute approximate surface area is 185 Å². The van der Waals surface area contributed by atoms with Crippen LogP contribution >= 0.6 is 0 Å². The predicted molar refractivity (Wildman–Crippen MR) is 121 cm³/mol. The molecule has 0 unspecified atom stereocenters. The van der Waals surface area contributed by atoms with Gasteiger partial charge in [-0.1, -0.05) is 49.1 Å². The summed E-state index contributed by atoms with van der Waals surface area (Å²) in [6.45, 7) is 4.61. The summed E-state index contributed by atoms with van der Waals surface area (Å²) in [5.74, 6) is 0.335. The van der Waals surface area contributed by atoms with Gasteiger partial charge in [-0.15, -0.1) is 0 Å². The number of nitrogens with one attached hydrogen (secondary N) is 1. The molecule has 1 N–H and O–H groups in total. The molecule has 3 rings (SSSR count). The first kappa shape index (κ1) is 23.3. The number of hydrogen-bond acceptors (Lipinski definition) is 4. The molecule has 0 heterocycles. The van der Waals surface area contributed by atoms with Crippen molar-refractivity contribution in [3.63, 3.8) is 0 Å². The Hall–Kier alpha value is -2.38. The van der Waals surface area contributed by atoms with Crippen molar-refractivity contribution in [2.24, 2.45) is 0 Å². The van der Waals surface area contributed by atoms with Crippen LogP contribution in [0.2, 0.25) is 0 Å². The minimum Gasteiger partial charge on any atom is -0.494 e. The maximum absolute atomic E-state index is 13.5. The highest BCUT2D eigenvalue weighted by Crippen LogP contribution is 2.28. The molecule has 7 heteroatoms. The summed E-state index contributed by atoms with van der Waals surface area (Å²) < 4.78 is 33.7. The highest BCUT2D eigenvalue weighted by Gasteiger charge is 2.33. The molecule has 1 aliphatic carbocycles. The first-order valence-corrected chi connectivity index (χ1v) is 12.4. The fraction of sp³-hybridized carbons (Fsp3) is 0.458. The van der Waals surface area contributed by atoms with E-state index in [0.29, 0.717) is 18.9 Å². The van der Waals surface area contributed by atoms with E-state index in [0.717, 1.165) is 43.2 Å². The van der Waals surface area contributed by atoms with Gasteiger partial charge in [-0.05, 0) is 56.5 Å². The number of nitrogens with zero attached hydrogens (tertiary/aromatic N) is 1. The van der Waals surface area contributed by atoms with Crippen LogP contribution in [0.5, 0.6) is 5.75 Å². The third-order valence-corrected chi connectivity index (χ3v) is 7.55. The Bertz CT molecular complexity index is 950. The van der Waals surface area contributed by atoms with Gasteiger partial charge in [0.25, 0.3) is 0 Å². The first-order valence-electron chi connectivity index (χ1n) is 11.0. The Balaban J connectivity index is 1.75. The summed E-state index contributed by atoms with van der Waals surface area (Å²) in [6.07, 6.45) is 4.62. The van der Waals surface area contributed by atoms with Crippen molar-refractivity contribution in [2.45, 2.75) is 63.4 Å². The Morgan fingerprint density at radius 1 is 1.03 bits per heavy atom. The molecule has 2 aromatic rings. The van der Waals surface area contributed by atoms with E-state index in [1.54, 1.807) is 24.3 Å². The average Bonchev–Trinajstić information content (AvgIpc) is 2.78. The number of aryl methyl sites for hydroxylation is 1. The number of rotatable bonds is 9. The molecule has 1 aliphatic rings. The largest absolute Gasteiger partial charge is 0.494 e. The zero-order valence-electron chi connectivity index (χ0n) is 18.3. The standard InChI is InChI=1S/C24H32N2O4S/c1-3-30-22-13-15-23(16-14-22)31(28,29)26(21-7-5-4-6-8-21)18-24(27)25-17-20-11-9-19(2)10-12-20/h9-16,21H,3-8,17-18H2,1-2H3,(H,25,27). The maximum Gasteiger partial charge on any atom is 0.243 e. The number of benzene rings is 2. The molecule has 1 saturated carbocycles. The molecule has 31 heavy (non-hydrogen) atoms. The van der Waals surface area contributed by atoms with Crippen molar-refractivity contribution in [1.29, 1.82) is 0 Å². The maximum atomic E-state index is 13.5. The molecule has 0 saturated heterocycles. The summed E-state index contributed by atoms with van der Waals surface area (Å²) >= 11 is 0. The average molecular weight is 445 g/mol. The van der Waals surface area contributed by atoms with Crippen LogP contribution in [0.25, 0.3) is 0 Å². The van der Waals surface area contributed by atoms with Crippen LogP contribution in [-0.4, -0.2) is 37.8 Å². The van der Waals surface area contributed by atoms with Gasteiger partial charge in [-0.25, -0.2) is 8.42 Å². The molecule has 1 fully saturated rings. The van der Waals surface area contributed by atoms with E-state index in [2.05, 4.69) is 5.32 Å². The number of carbonyl (C=O) groups excluding carboxylic acids is 1. The van der Waals surface area contributed by atoms with Gasteiger partial charge in [0, 0.05) is 12.6 Å². The molecule has 0 spiro atoms. The second kappa shape index (κ2) is 10.8. The van der Waals surface area contributed by atoms with Crippen LogP contribution in [0.4, 0.5) is 0 Å². The highest BCUT2D eigenvalue weighted by molar-refractivity contribution is 7.89. The topological polar surface area (TPSA) is 75.7 Å². The fourth-order valence-corrected chi connectivity index (χ4v) is 5.53. The van der Waals surface area contributed by atoms with Crippen molar-refractivity contribution in [3.8, 4) is 5.75 Å². The van der Waals surface area contributed by atoms with Crippen molar-refractivity contribution in [3.05, 3.63) is 59.7 Å². The van der Waals surface area contributed by atoms with Gasteiger partial charge in [0.05, 0.1) is 18.0 Å². The van der Waals surface area contributed by atoms with Gasteiger partial charge >= 0.3 is 0 Å². The van der Waals surface area contributed by atoms with E-state index in [1.165, 1.54) is 4.31 Å². The van der Waals surface area contributed by atoms with Crippen LogP contribution in [0.3, 0.4) is 0 Å². The van der Waals surface area contributed by atoms with Gasteiger partial charge in [-0.3, -0.25) is 4.79 Å². The van der Waals surface area contributed by atoms with E-state index < -0.39 is 10.0 Å². The number of hydrogen-bond donors (Lipinski definition) is 1.